The first kappa shape index (κ1) is 15.3. The Labute approximate surface area is 129 Å². The molecule has 1 spiro atoms. The lowest BCUT2D eigenvalue weighted by atomic mass is 9.69. The largest absolute Gasteiger partial charge is 0.343 e. The minimum atomic E-state index is 0.249. The van der Waals surface area contributed by atoms with Crippen LogP contribution in [0.3, 0.4) is 0 Å². The van der Waals surface area contributed by atoms with Crippen LogP contribution in [0.15, 0.2) is 0 Å². The summed E-state index contributed by atoms with van der Waals surface area (Å²) in [6.07, 6.45) is 13.9. The quantitative estimate of drug-likeness (QED) is 0.865. The predicted octanol–water partition coefficient (Wildman–Crippen LogP) is 3.34. The van der Waals surface area contributed by atoms with Crippen molar-refractivity contribution >= 4 is 5.91 Å². The summed E-state index contributed by atoms with van der Waals surface area (Å²) in [5.41, 5.74) is 0.651. The summed E-state index contributed by atoms with van der Waals surface area (Å²) in [5.74, 6) is 1.03. The Morgan fingerprint density at radius 1 is 1.05 bits per heavy atom. The van der Waals surface area contributed by atoms with Crippen molar-refractivity contribution in [3.8, 4) is 0 Å². The van der Waals surface area contributed by atoms with Crippen LogP contribution in [0.25, 0.3) is 0 Å². The third-order valence-electron chi connectivity index (χ3n) is 6.47. The summed E-state index contributed by atoms with van der Waals surface area (Å²) in [5, 5.41) is 3.96. The minimum Gasteiger partial charge on any atom is -0.343 e. The van der Waals surface area contributed by atoms with Gasteiger partial charge in [0.25, 0.3) is 0 Å². The van der Waals surface area contributed by atoms with E-state index in [1.807, 2.05) is 4.90 Å². The van der Waals surface area contributed by atoms with Gasteiger partial charge in [-0.1, -0.05) is 25.7 Å². The molecule has 120 valence electrons. The molecule has 0 aromatic rings. The van der Waals surface area contributed by atoms with E-state index in [1.165, 1.54) is 70.8 Å². The highest BCUT2D eigenvalue weighted by molar-refractivity contribution is 5.73. The summed E-state index contributed by atoms with van der Waals surface area (Å²) in [7, 11) is 0. The molecule has 0 aromatic carbocycles. The zero-order valence-corrected chi connectivity index (χ0v) is 13.7. The third kappa shape index (κ3) is 3.44. The van der Waals surface area contributed by atoms with Gasteiger partial charge in [-0.25, -0.2) is 0 Å². The molecule has 3 nitrogen and oxygen atoms in total. The van der Waals surface area contributed by atoms with Gasteiger partial charge in [-0.3, -0.25) is 4.79 Å². The molecule has 3 fully saturated rings. The first-order chi connectivity index (χ1) is 10.2. The zero-order valence-electron chi connectivity index (χ0n) is 13.7. The molecule has 0 bridgehead atoms. The molecule has 1 unspecified atom stereocenters. The van der Waals surface area contributed by atoms with Crippen molar-refractivity contribution in [2.24, 2.45) is 11.3 Å². The summed E-state index contributed by atoms with van der Waals surface area (Å²) in [4.78, 5) is 13.4. The second kappa shape index (κ2) is 6.68. The van der Waals surface area contributed by atoms with Crippen molar-refractivity contribution in [2.75, 3.05) is 19.6 Å². The minimum absolute atomic E-state index is 0.249. The van der Waals surface area contributed by atoms with E-state index >= 15 is 0 Å². The second-order valence-corrected chi connectivity index (χ2v) is 7.73. The van der Waals surface area contributed by atoms with E-state index in [0.29, 0.717) is 5.41 Å². The fraction of sp³-hybridized carbons (Fsp3) is 0.944. The number of nitrogens with zero attached hydrogens (tertiary/aromatic N) is 1. The van der Waals surface area contributed by atoms with Crippen LogP contribution in [0.5, 0.6) is 0 Å². The zero-order chi connectivity index (χ0) is 14.7. The maximum Gasteiger partial charge on any atom is 0.219 e. The lowest BCUT2D eigenvalue weighted by molar-refractivity contribution is -0.130. The highest BCUT2D eigenvalue weighted by Crippen LogP contribution is 2.49. The lowest BCUT2D eigenvalue weighted by Crippen LogP contribution is -2.48. The summed E-state index contributed by atoms with van der Waals surface area (Å²) < 4.78 is 0. The maximum atomic E-state index is 11.4. The monoisotopic (exact) mass is 292 g/mol. The van der Waals surface area contributed by atoms with Crippen LogP contribution in [0, 0.1) is 11.3 Å². The number of likely N-dealkylation sites (tertiary alicyclic amines) is 1. The molecule has 2 aliphatic carbocycles. The van der Waals surface area contributed by atoms with Crippen LogP contribution in [-0.4, -0.2) is 36.5 Å². The SMILES string of the molecule is CC(=O)N1CCC(CNC2CCCCC23CCCC3)CC1. The van der Waals surface area contributed by atoms with E-state index < -0.39 is 0 Å². The molecule has 1 N–H and O–H groups in total. The van der Waals surface area contributed by atoms with Crippen molar-refractivity contribution in [1.82, 2.24) is 10.2 Å². The number of hydrogen-bond donors (Lipinski definition) is 1. The van der Waals surface area contributed by atoms with Gasteiger partial charge in [0.05, 0.1) is 0 Å². The van der Waals surface area contributed by atoms with Gasteiger partial charge in [-0.2, -0.15) is 0 Å². The number of carbonyl (C=O) groups is 1. The topological polar surface area (TPSA) is 32.3 Å². The molecule has 2 saturated carbocycles. The van der Waals surface area contributed by atoms with Crippen LogP contribution in [0.2, 0.25) is 0 Å². The van der Waals surface area contributed by atoms with E-state index in [4.69, 9.17) is 0 Å². The molecule has 0 aromatic heterocycles. The number of rotatable bonds is 3. The Morgan fingerprint density at radius 3 is 2.29 bits per heavy atom. The third-order valence-corrected chi connectivity index (χ3v) is 6.47. The number of carbonyl (C=O) groups excluding carboxylic acids is 1. The van der Waals surface area contributed by atoms with Crippen molar-refractivity contribution in [1.29, 1.82) is 0 Å². The van der Waals surface area contributed by atoms with Gasteiger partial charge in [0.15, 0.2) is 0 Å². The highest BCUT2D eigenvalue weighted by atomic mass is 16.2. The first-order valence-electron chi connectivity index (χ1n) is 9.18. The van der Waals surface area contributed by atoms with Crippen molar-refractivity contribution in [3.05, 3.63) is 0 Å². The Morgan fingerprint density at radius 2 is 1.67 bits per heavy atom. The molecule has 3 aliphatic rings. The van der Waals surface area contributed by atoms with Crippen LogP contribution in [0.4, 0.5) is 0 Å². The van der Waals surface area contributed by atoms with Crippen LogP contribution in [-0.2, 0) is 4.79 Å². The van der Waals surface area contributed by atoms with Crippen LogP contribution >= 0.6 is 0 Å². The Kier molecular flexibility index (Phi) is 4.88. The molecule has 1 heterocycles. The number of nitrogens with one attached hydrogen (secondary N) is 1. The smallest absolute Gasteiger partial charge is 0.219 e. The highest BCUT2D eigenvalue weighted by Gasteiger charge is 2.42. The molecular weight excluding hydrogens is 260 g/mol. The van der Waals surface area contributed by atoms with Gasteiger partial charge in [-0.05, 0) is 56.4 Å². The number of piperidine rings is 1. The van der Waals surface area contributed by atoms with E-state index in [-0.39, 0.29) is 5.91 Å². The second-order valence-electron chi connectivity index (χ2n) is 7.73. The Bertz CT molecular complexity index is 354. The summed E-state index contributed by atoms with van der Waals surface area (Å²) in [6, 6.07) is 0.777. The summed E-state index contributed by atoms with van der Waals surface area (Å²) in [6.45, 7) is 4.82. The molecule has 3 rings (SSSR count). The molecule has 1 saturated heterocycles. The van der Waals surface area contributed by atoms with Crippen LogP contribution < -0.4 is 5.32 Å². The van der Waals surface area contributed by atoms with Crippen molar-refractivity contribution < 1.29 is 4.79 Å². The van der Waals surface area contributed by atoms with Gasteiger partial charge in [0.1, 0.15) is 0 Å². The van der Waals surface area contributed by atoms with Gasteiger partial charge >= 0.3 is 0 Å². The van der Waals surface area contributed by atoms with Gasteiger partial charge in [0.2, 0.25) is 5.91 Å². The average molecular weight is 292 g/mol. The average Bonchev–Trinajstić information content (AvgIpc) is 2.96. The van der Waals surface area contributed by atoms with Crippen LogP contribution in [0.1, 0.15) is 71.1 Å². The standard InChI is InChI=1S/C18H32N2O/c1-15(21)20-12-7-16(8-13-20)14-19-17-6-2-3-9-18(17)10-4-5-11-18/h16-17,19H,2-14H2,1H3. The maximum absolute atomic E-state index is 11.4. The number of amides is 1. The predicted molar refractivity (Wildman–Crippen MR) is 86.1 cm³/mol. The van der Waals surface area contributed by atoms with Gasteiger partial charge in [-0.15, -0.1) is 0 Å². The molecule has 21 heavy (non-hydrogen) atoms. The van der Waals surface area contributed by atoms with Crippen molar-refractivity contribution in [3.63, 3.8) is 0 Å². The Hall–Kier alpha value is -0.570. The molecular formula is C18H32N2O. The normalized spacial score (nSPS) is 30.0. The summed E-state index contributed by atoms with van der Waals surface area (Å²) >= 11 is 0. The van der Waals surface area contributed by atoms with E-state index in [2.05, 4.69) is 5.32 Å². The van der Waals surface area contributed by atoms with Gasteiger partial charge in [0, 0.05) is 26.1 Å². The molecule has 0 radical (unpaired) electrons. The van der Waals surface area contributed by atoms with E-state index in [1.54, 1.807) is 6.92 Å². The van der Waals surface area contributed by atoms with Gasteiger partial charge < -0.3 is 10.2 Å². The lowest BCUT2D eigenvalue weighted by Gasteiger charge is -2.43. The number of hydrogen-bond acceptors (Lipinski definition) is 2. The molecule has 1 atom stereocenters. The van der Waals surface area contributed by atoms with E-state index in [0.717, 1.165) is 25.0 Å². The fourth-order valence-corrected chi connectivity index (χ4v) is 5.06. The van der Waals surface area contributed by atoms with Crippen molar-refractivity contribution in [2.45, 2.75) is 77.2 Å². The molecule has 1 amide bonds. The first-order valence-corrected chi connectivity index (χ1v) is 9.18. The van der Waals surface area contributed by atoms with E-state index in [9.17, 15) is 4.79 Å². The molecule has 1 aliphatic heterocycles. The Balaban J connectivity index is 1.47. The fourth-order valence-electron chi connectivity index (χ4n) is 5.06. The molecule has 3 heteroatoms.